The van der Waals surface area contributed by atoms with E-state index in [1.807, 2.05) is 0 Å². The molecule has 3 aliphatic carbocycles. The molecule has 4 fully saturated rings. The molecular formula is C16H28N2. The highest BCUT2D eigenvalue weighted by atomic mass is 15.2. The SMILES string of the molecule is CC(NC1CCN(C2CC2)C1)C1CC2CCC1C2. The van der Waals surface area contributed by atoms with Crippen molar-refractivity contribution in [1.82, 2.24) is 10.2 Å². The molecule has 0 radical (unpaired) electrons. The van der Waals surface area contributed by atoms with Crippen molar-refractivity contribution in [3.63, 3.8) is 0 Å². The molecule has 4 rings (SSSR count). The smallest absolute Gasteiger partial charge is 0.0209 e. The molecule has 5 unspecified atom stereocenters. The fourth-order valence-corrected chi connectivity index (χ4v) is 5.10. The molecule has 0 spiro atoms. The van der Waals surface area contributed by atoms with Gasteiger partial charge in [-0.25, -0.2) is 0 Å². The maximum absolute atomic E-state index is 3.98. The minimum atomic E-state index is 0.768. The zero-order valence-electron chi connectivity index (χ0n) is 11.8. The summed E-state index contributed by atoms with van der Waals surface area (Å²) in [5, 5.41) is 3.98. The van der Waals surface area contributed by atoms with Gasteiger partial charge in [0.1, 0.15) is 0 Å². The highest BCUT2D eigenvalue weighted by Crippen LogP contribution is 2.49. The molecule has 1 N–H and O–H groups in total. The van der Waals surface area contributed by atoms with Crippen LogP contribution in [-0.4, -0.2) is 36.1 Å². The molecule has 18 heavy (non-hydrogen) atoms. The summed E-state index contributed by atoms with van der Waals surface area (Å²) in [5.74, 6) is 3.16. The molecule has 1 saturated heterocycles. The van der Waals surface area contributed by atoms with E-state index in [9.17, 15) is 0 Å². The van der Waals surface area contributed by atoms with Crippen LogP contribution < -0.4 is 5.32 Å². The minimum Gasteiger partial charge on any atom is -0.310 e. The van der Waals surface area contributed by atoms with Gasteiger partial charge in [0.15, 0.2) is 0 Å². The molecule has 1 aliphatic heterocycles. The molecule has 2 heteroatoms. The summed E-state index contributed by atoms with van der Waals surface area (Å²) in [6.07, 6.45) is 10.5. The highest BCUT2D eigenvalue weighted by molar-refractivity contribution is 4.97. The Bertz CT molecular complexity index is 312. The van der Waals surface area contributed by atoms with Gasteiger partial charge in [-0.15, -0.1) is 0 Å². The van der Waals surface area contributed by atoms with Crippen molar-refractivity contribution in [3.05, 3.63) is 0 Å². The number of hydrogen-bond donors (Lipinski definition) is 1. The second kappa shape index (κ2) is 4.49. The predicted octanol–water partition coefficient (Wildman–Crippen LogP) is 2.64. The number of nitrogens with one attached hydrogen (secondary N) is 1. The third kappa shape index (κ3) is 2.12. The Hall–Kier alpha value is -0.0800. The lowest BCUT2D eigenvalue weighted by Gasteiger charge is -2.31. The van der Waals surface area contributed by atoms with Gasteiger partial charge in [-0.3, -0.25) is 4.90 Å². The van der Waals surface area contributed by atoms with Gasteiger partial charge in [0, 0.05) is 31.2 Å². The van der Waals surface area contributed by atoms with Gasteiger partial charge < -0.3 is 5.32 Å². The third-order valence-corrected chi connectivity index (χ3v) is 6.22. The van der Waals surface area contributed by atoms with Crippen molar-refractivity contribution in [2.24, 2.45) is 17.8 Å². The van der Waals surface area contributed by atoms with Crippen LogP contribution >= 0.6 is 0 Å². The number of likely N-dealkylation sites (tertiary alicyclic amines) is 1. The quantitative estimate of drug-likeness (QED) is 0.823. The molecule has 3 saturated carbocycles. The van der Waals surface area contributed by atoms with Crippen molar-refractivity contribution < 1.29 is 0 Å². The van der Waals surface area contributed by atoms with Crippen LogP contribution in [0.2, 0.25) is 0 Å². The molecule has 1 heterocycles. The van der Waals surface area contributed by atoms with Crippen LogP contribution in [0.4, 0.5) is 0 Å². The minimum absolute atomic E-state index is 0.768. The normalized spacial score (nSPS) is 45.8. The largest absolute Gasteiger partial charge is 0.310 e. The van der Waals surface area contributed by atoms with E-state index < -0.39 is 0 Å². The first-order valence-corrected chi connectivity index (χ1v) is 8.29. The molecule has 0 amide bonds. The second-order valence-electron chi connectivity index (χ2n) is 7.51. The first kappa shape index (κ1) is 11.7. The van der Waals surface area contributed by atoms with Crippen molar-refractivity contribution in [2.45, 2.75) is 70.0 Å². The lowest BCUT2D eigenvalue weighted by Crippen LogP contribution is -2.44. The molecule has 2 bridgehead atoms. The third-order valence-electron chi connectivity index (χ3n) is 6.22. The number of fused-ring (bicyclic) bond motifs is 2. The van der Waals surface area contributed by atoms with E-state index in [2.05, 4.69) is 17.1 Å². The predicted molar refractivity (Wildman–Crippen MR) is 74.5 cm³/mol. The van der Waals surface area contributed by atoms with E-state index in [1.54, 1.807) is 6.42 Å². The van der Waals surface area contributed by atoms with Crippen LogP contribution in [0, 0.1) is 17.8 Å². The first-order chi connectivity index (χ1) is 8.79. The van der Waals surface area contributed by atoms with Gasteiger partial charge >= 0.3 is 0 Å². The highest BCUT2D eigenvalue weighted by Gasteiger charge is 2.42. The topological polar surface area (TPSA) is 15.3 Å². The summed E-state index contributed by atoms with van der Waals surface area (Å²) in [4.78, 5) is 2.73. The second-order valence-corrected chi connectivity index (χ2v) is 7.51. The summed E-state index contributed by atoms with van der Waals surface area (Å²) in [6.45, 7) is 5.15. The Labute approximate surface area is 111 Å². The maximum atomic E-state index is 3.98. The van der Waals surface area contributed by atoms with Crippen LogP contribution in [0.15, 0.2) is 0 Å². The van der Waals surface area contributed by atoms with Crippen LogP contribution in [0.1, 0.15) is 51.9 Å². The summed E-state index contributed by atoms with van der Waals surface area (Å²) in [6, 6.07) is 2.53. The summed E-state index contributed by atoms with van der Waals surface area (Å²) in [7, 11) is 0. The van der Waals surface area contributed by atoms with Gasteiger partial charge in [-0.1, -0.05) is 6.42 Å². The Balaban J connectivity index is 1.29. The molecule has 0 aromatic rings. The van der Waals surface area contributed by atoms with Crippen molar-refractivity contribution in [2.75, 3.05) is 13.1 Å². The van der Waals surface area contributed by atoms with Crippen molar-refractivity contribution in [1.29, 1.82) is 0 Å². The zero-order valence-corrected chi connectivity index (χ0v) is 11.8. The molecule has 4 aliphatic rings. The van der Waals surface area contributed by atoms with E-state index in [0.29, 0.717) is 0 Å². The molecule has 0 aromatic heterocycles. The number of nitrogens with zero attached hydrogens (tertiary/aromatic N) is 1. The standard InChI is InChI=1S/C16H28N2/c1-11(16-9-12-2-3-13(16)8-12)17-14-6-7-18(10-14)15-4-5-15/h11-17H,2-10H2,1H3. The Morgan fingerprint density at radius 3 is 2.61 bits per heavy atom. The van der Waals surface area contributed by atoms with Crippen molar-refractivity contribution in [3.8, 4) is 0 Å². The molecule has 102 valence electrons. The van der Waals surface area contributed by atoms with E-state index in [1.165, 1.54) is 51.6 Å². The maximum Gasteiger partial charge on any atom is 0.0209 e. The lowest BCUT2D eigenvalue weighted by molar-refractivity contribution is 0.240. The van der Waals surface area contributed by atoms with Gasteiger partial charge in [0.2, 0.25) is 0 Å². The zero-order chi connectivity index (χ0) is 12.1. The average molecular weight is 248 g/mol. The molecule has 2 nitrogen and oxygen atoms in total. The van der Waals surface area contributed by atoms with E-state index in [4.69, 9.17) is 0 Å². The Morgan fingerprint density at radius 2 is 1.94 bits per heavy atom. The van der Waals surface area contributed by atoms with Crippen LogP contribution in [0.25, 0.3) is 0 Å². The van der Waals surface area contributed by atoms with Crippen LogP contribution in [-0.2, 0) is 0 Å². The van der Waals surface area contributed by atoms with Crippen LogP contribution in [0.3, 0.4) is 0 Å². The van der Waals surface area contributed by atoms with E-state index in [0.717, 1.165) is 35.9 Å². The van der Waals surface area contributed by atoms with E-state index >= 15 is 0 Å². The fraction of sp³-hybridized carbons (Fsp3) is 1.00. The average Bonchev–Trinajstić information content (AvgIpc) is 2.82. The van der Waals surface area contributed by atoms with Gasteiger partial charge in [0.05, 0.1) is 0 Å². The lowest BCUT2D eigenvalue weighted by atomic mass is 9.83. The number of hydrogen-bond acceptors (Lipinski definition) is 2. The number of rotatable bonds is 4. The molecular weight excluding hydrogens is 220 g/mol. The molecule has 5 atom stereocenters. The van der Waals surface area contributed by atoms with Crippen molar-refractivity contribution >= 4 is 0 Å². The van der Waals surface area contributed by atoms with Gasteiger partial charge in [-0.2, -0.15) is 0 Å². The summed E-state index contributed by atoms with van der Waals surface area (Å²) in [5.41, 5.74) is 0. The first-order valence-electron chi connectivity index (χ1n) is 8.29. The Kier molecular flexibility index (Phi) is 2.92. The fourth-order valence-electron chi connectivity index (χ4n) is 5.10. The monoisotopic (exact) mass is 248 g/mol. The van der Waals surface area contributed by atoms with Gasteiger partial charge in [-0.05, 0) is 63.2 Å². The van der Waals surface area contributed by atoms with E-state index in [-0.39, 0.29) is 0 Å². The summed E-state index contributed by atoms with van der Waals surface area (Å²) < 4.78 is 0. The summed E-state index contributed by atoms with van der Waals surface area (Å²) >= 11 is 0. The van der Waals surface area contributed by atoms with Gasteiger partial charge in [0.25, 0.3) is 0 Å². The Morgan fingerprint density at radius 1 is 1.06 bits per heavy atom. The molecule has 0 aromatic carbocycles. The van der Waals surface area contributed by atoms with Crippen LogP contribution in [0.5, 0.6) is 0 Å².